The van der Waals surface area contributed by atoms with E-state index >= 15 is 0 Å². The summed E-state index contributed by atoms with van der Waals surface area (Å²) < 4.78 is 8.68. The molecule has 4 aromatic heterocycles. The van der Waals surface area contributed by atoms with Crippen LogP contribution < -0.4 is 10.9 Å². The number of nitrogens with zero attached hydrogens (tertiary/aromatic N) is 6. The molecule has 4 heterocycles. The molecule has 0 amide bonds. The van der Waals surface area contributed by atoms with Crippen LogP contribution in [0.15, 0.2) is 83.0 Å². The molecule has 5 aromatic rings. The summed E-state index contributed by atoms with van der Waals surface area (Å²) in [4.78, 5) is 31.4. The van der Waals surface area contributed by atoms with Crippen molar-refractivity contribution in [3.8, 4) is 5.82 Å². The van der Waals surface area contributed by atoms with Crippen LogP contribution in [0.5, 0.6) is 0 Å². The molecule has 0 spiro atoms. The van der Waals surface area contributed by atoms with E-state index in [4.69, 9.17) is 9.40 Å². The molecule has 41 heavy (non-hydrogen) atoms. The van der Waals surface area contributed by atoms with E-state index in [-0.39, 0.29) is 12.1 Å². The lowest BCUT2D eigenvalue weighted by Crippen LogP contribution is -2.23. The summed E-state index contributed by atoms with van der Waals surface area (Å²) in [5, 5.41) is 14.2. The summed E-state index contributed by atoms with van der Waals surface area (Å²) >= 11 is 0. The molecule has 1 aliphatic rings. The molecule has 0 atom stereocenters. The van der Waals surface area contributed by atoms with Gasteiger partial charge >= 0.3 is 0 Å². The molecule has 10 nitrogen and oxygen atoms in total. The van der Waals surface area contributed by atoms with E-state index in [1.807, 2.05) is 12.1 Å². The zero-order chi connectivity index (χ0) is 28.6. The maximum absolute atomic E-state index is 13.2. The van der Waals surface area contributed by atoms with Crippen LogP contribution in [0, 0.1) is 0 Å². The molecule has 1 fully saturated rings. The highest BCUT2D eigenvalue weighted by Crippen LogP contribution is 2.40. The van der Waals surface area contributed by atoms with E-state index in [1.54, 1.807) is 55.3 Å². The number of benzene rings is 1. The molecule has 2 N–H and O–H groups in total. The average Bonchev–Trinajstić information content (AvgIpc) is 3.61. The van der Waals surface area contributed by atoms with Crippen molar-refractivity contribution in [1.29, 1.82) is 0 Å². The van der Waals surface area contributed by atoms with Crippen molar-refractivity contribution in [1.82, 2.24) is 29.3 Å². The van der Waals surface area contributed by atoms with Gasteiger partial charge in [-0.15, -0.1) is 6.58 Å². The molecule has 210 valence electrons. The molecule has 10 heteroatoms. The first-order valence-electron chi connectivity index (χ1n) is 13.9. The third-order valence-electron chi connectivity index (χ3n) is 7.72. The Kier molecular flexibility index (Phi) is 7.00. The smallest absolute Gasteiger partial charge is 0.278 e. The zero-order valence-corrected chi connectivity index (χ0v) is 23.2. The third kappa shape index (κ3) is 5.30. The number of fused-ring (bicyclic) bond motifs is 1. The number of hydrogen-bond donors (Lipinski definition) is 2. The monoisotopic (exact) mass is 551 g/mol. The highest BCUT2D eigenvalue weighted by atomic mass is 16.3. The van der Waals surface area contributed by atoms with Gasteiger partial charge in [0, 0.05) is 17.8 Å². The predicted molar refractivity (Wildman–Crippen MR) is 157 cm³/mol. The predicted octanol–water partition coefficient (Wildman–Crippen LogP) is 5.56. The number of nitrogens with one attached hydrogen (secondary N) is 1. The van der Waals surface area contributed by atoms with Gasteiger partial charge in [-0.25, -0.2) is 24.3 Å². The number of hydrogen-bond acceptors (Lipinski definition) is 8. The van der Waals surface area contributed by atoms with E-state index < -0.39 is 5.60 Å². The Labute approximate surface area is 237 Å². The van der Waals surface area contributed by atoms with Crippen molar-refractivity contribution in [3.63, 3.8) is 0 Å². The van der Waals surface area contributed by atoms with E-state index in [0.717, 1.165) is 37.3 Å². The minimum Gasteiger partial charge on any atom is -0.449 e. The van der Waals surface area contributed by atoms with Crippen LogP contribution in [0.1, 0.15) is 68.5 Å². The Morgan fingerprint density at radius 1 is 1.07 bits per heavy atom. The summed E-state index contributed by atoms with van der Waals surface area (Å²) in [5.41, 5.74) is 1.66. The van der Waals surface area contributed by atoms with E-state index in [1.165, 1.54) is 16.4 Å². The van der Waals surface area contributed by atoms with Gasteiger partial charge in [-0.05, 0) is 75.3 Å². The second-order valence-electron chi connectivity index (χ2n) is 11.0. The molecule has 0 unspecified atom stereocenters. The van der Waals surface area contributed by atoms with Crippen molar-refractivity contribution in [2.24, 2.45) is 0 Å². The molecule has 0 aliphatic heterocycles. The average molecular weight is 552 g/mol. The van der Waals surface area contributed by atoms with Crippen LogP contribution in [-0.2, 0) is 12.1 Å². The van der Waals surface area contributed by atoms with Crippen molar-refractivity contribution in [3.05, 3.63) is 101 Å². The van der Waals surface area contributed by atoms with Crippen LogP contribution in [0.4, 0.5) is 11.6 Å². The summed E-state index contributed by atoms with van der Waals surface area (Å²) in [5.74, 6) is 2.59. The topological polar surface area (TPSA) is 124 Å². The fourth-order valence-electron chi connectivity index (χ4n) is 5.57. The van der Waals surface area contributed by atoms with Crippen LogP contribution in [0.3, 0.4) is 0 Å². The molecule has 1 aromatic carbocycles. The van der Waals surface area contributed by atoms with Gasteiger partial charge in [-0.3, -0.25) is 4.79 Å². The van der Waals surface area contributed by atoms with Gasteiger partial charge in [0.05, 0.1) is 18.4 Å². The Morgan fingerprint density at radius 2 is 1.83 bits per heavy atom. The first-order chi connectivity index (χ1) is 19.8. The molecular weight excluding hydrogens is 518 g/mol. The lowest BCUT2D eigenvalue weighted by atomic mass is 9.78. The SMILES string of the molecule is C=CCn1c(=O)c2cnc(Nc3ccc(C4CCC(c5ncco5)CC4)cc3)nc2n1-c1cccc(C(C)(C)O)n1. The lowest BCUT2D eigenvalue weighted by molar-refractivity contribution is 0.0738. The van der Waals surface area contributed by atoms with Gasteiger partial charge in [0.25, 0.3) is 5.56 Å². The molecular formula is C31H33N7O3. The van der Waals surface area contributed by atoms with Crippen LogP contribution in [-0.4, -0.2) is 34.4 Å². The zero-order valence-electron chi connectivity index (χ0n) is 23.2. The second kappa shape index (κ2) is 10.8. The van der Waals surface area contributed by atoms with Gasteiger partial charge in [0.1, 0.15) is 17.3 Å². The third-order valence-corrected chi connectivity index (χ3v) is 7.72. The summed E-state index contributed by atoms with van der Waals surface area (Å²) in [7, 11) is 0. The highest BCUT2D eigenvalue weighted by molar-refractivity contribution is 5.77. The van der Waals surface area contributed by atoms with Crippen LogP contribution >= 0.6 is 0 Å². The van der Waals surface area contributed by atoms with Gasteiger partial charge in [0.15, 0.2) is 17.4 Å². The summed E-state index contributed by atoms with van der Waals surface area (Å²) in [6, 6.07) is 13.7. The number of anilines is 2. The van der Waals surface area contributed by atoms with Crippen LogP contribution in [0.2, 0.25) is 0 Å². The fraction of sp³-hybridized carbons (Fsp3) is 0.323. The standard InChI is InChI=1S/C31H33N7O3/c1-4-17-37-29(39)24-19-33-30(36-27(24)38(37)26-7-5-6-25(35-26)31(2,3)40)34-23-14-12-21(13-15-23)20-8-10-22(11-9-20)28-32-16-18-41-28/h4-7,12-16,18-20,22,40H,1,8-11,17H2,2-3H3,(H,33,34,36). The van der Waals surface area contributed by atoms with E-state index in [0.29, 0.717) is 40.3 Å². The number of rotatable bonds is 8. The highest BCUT2D eigenvalue weighted by Gasteiger charge is 2.26. The Balaban J connectivity index is 1.26. The number of oxazole rings is 1. The van der Waals surface area contributed by atoms with Crippen molar-refractivity contribution < 1.29 is 9.52 Å². The van der Waals surface area contributed by atoms with Gasteiger partial charge in [-0.1, -0.05) is 24.3 Å². The van der Waals surface area contributed by atoms with Crippen molar-refractivity contribution >= 4 is 22.7 Å². The maximum atomic E-state index is 13.2. The van der Waals surface area contributed by atoms with E-state index in [9.17, 15) is 9.90 Å². The lowest BCUT2D eigenvalue weighted by Gasteiger charge is -2.27. The second-order valence-corrected chi connectivity index (χ2v) is 11.0. The number of pyridine rings is 1. The minimum absolute atomic E-state index is 0.246. The fourth-order valence-corrected chi connectivity index (χ4v) is 5.57. The van der Waals surface area contributed by atoms with Gasteiger partial charge in [0.2, 0.25) is 5.95 Å². The number of allylic oxidation sites excluding steroid dienone is 1. The molecule has 1 aliphatic carbocycles. The van der Waals surface area contributed by atoms with E-state index in [2.05, 4.69) is 39.0 Å². The quantitative estimate of drug-likeness (QED) is 0.240. The van der Waals surface area contributed by atoms with Gasteiger partial charge < -0.3 is 14.8 Å². The molecule has 1 saturated carbocycles. The first-order valence-corrected chi connectivity index (χ1v) is 13.9. The van der Waals surface area contributed by atoms with Crippen LogP contribution in [0.25, 0.3) is 16.9 Å². The Morgan fingerprint density at radius 3 is 2.51 bits per heavy atom. The first kappa shape index (κ1) is 26.6. The molecule has 0 bridgehead atoms. The van der Waals surface area contributed by atoms with Crippen molar-refractivity contribution in [2.75, 3.05) is 5.32 Å². The summed E-state index contributed by atoms with van der Waals surface area (Å²) in [6.45, 7) is 7.40. The summed E-state index contributed by atoms with van der Waals surface area (Å²) in [6.07, 6.45) is 10.9. The van der Waals surface area contributed by atoms with Gasteiger partial charge in [-0.2, -0.15) is 4.98 Å². The molecule has 0 radical (unpaired) electrons. The molecule has 0 saturated heterocycles. The largest absolute Gasteiger partial charge is 0.449 e. The Bertz CT molecular complexity index is 1720. The molecule has 6 rings (SSSR count). The number of aliphatic hydroxyl groups is 1. The number of aromatic nitrogens is 6. The normalized spacial score (nSPS) is 17.5. The maximum Gasteiger partial charge on any atom is 0.278 e. The Hall–Kier alpha value is -4.57. The minimum atomic E-state index is -1.15. The van der Waals surface area contributed by atoms with Crippen molar-refractivity contribution in [2.45, 2.75) is 63.5 Å².